The molecule has 0 fully saturated rings. The number of alkyl halides is 2. The fraction of sp³-hybridized carbons (Fsp3) is 0.400. The van der Waals surface area contributed by atoms with Gasteiger partial charge in [-0.25, -0.2) is 13.6 Å². The fourth-order valence-electron chi connectivity index (χ4n) is 1.10. The van der Waals surface area contributed by atoms with Gasteiger partial charge in [-0.3, -0.25) is 4.98 Å². The highest BCUT2D eigenvalue weighted by Crippen LogP contribution is 2.24. The predicted molar refractivity (Wildman–Crippen MR) is 51.7 cm³/mol. The number of nitrogens with zero attached hydrogens (tertiary/aromatic N) is 1. The van der Waals surface area contributed by atoms with Gasteiger partial charge in [0.05, 0.1) is 13.7 Å². The summed E-state index contributed by atoms with van der Waals surface area (Å²) >= 11 is 0. The van der Waals surface area contributed by atoms with E-state index in [-0.39, 0.29) is 17.9 Å². The molecule has 1 rings (SSSR count). The normalized spacial score (nSPS) is 10.3. The predicted octanol–water partition coefficient (Wildman–Crippen LogP) is 2.20. The Labute approximate surface area is 91.2 Å². The first kappa shape index (κ1) is 12.4. The minimum absolute atomic E-state index is 0.0313. The zero-order chi connectivity index (χ0) is 12.1. The molecule has 0 spiro atoms. The average molecular weight is 231 g/mol. The van der Waals surface area contributed by atoms with E-state index in [1.807, 2.05) is 0 Å². The SMILES string of the molecule is CCOC(=O)c1cnc(C(F)F)cc1OC. The molecule has 0 unspecified atom stereocenters. The third kappa shape index (κ3) is 2.65. The maximum absolute atomic E-state index is 12.3. The molecular weight excluding hydrogens is 220 g/mol. The lowest BCUT2D eigenvalue weighted by atomic mass is 10.2. The van der Waals surface area contributed by atoms with Gasteiger partial charge in [0.25, 0.3) is 6.43 Å². The summed E-state index contributed by atoms with van der Waals surface area (Å²) in [5.74, 6) is -0.614. The third-order valence-electron chi connectivity index (χ3n) is 1.83. The fourth-order valence-corrected chi connectivity index (χ4v) is 1.10. The number of hydrogen-bond donors (Lipinski definition) is 0. The van der Waals surface area contributed by atoms with Gasteiger partial charge >= 0.3 is 5.97 Å². The van der Waals surface area contributed by atoms with Crippen LogP contribution in [0, 0.1) is 0 Å². The van der Waals surface area contributed by atoms with Crippen LogP contribution in [0.2, 0.25) is 0 Å². The van der Waals surface area contributed by atoms with Crippen molar-refractivity contribution >= 4 is 5.97 Å². The van der Waals surface area contributed by atoms with E-state index in [4.69, 9.17) is 9.47 Å². The molecule has 0 atom stereocenters. The van der Waals surface area contributed by atoms with Crippen LogP contribution in [0.25, 0.3) is 0 Å². The van der Waals surface area contributed by atoms with Crippen LogP contribution in [-0.2, 0) is 4.74 Å². The molecule has 0 saturated carbocycles. The summed E-state index contributed by atoms with van der Waals surface area (Å²) in [5.41, 5.74) is -0.404. The summed E-state index contributed by atoms with van der Waals surface area (Å²) in [7, 11) is 1.29. The van der Waals surface area contributed by atoms with Crippen LogP contribution in [0.1, 0.15) is 29.4 Å². The number of pyridine rings is 1. The number of esters is 1. The number of hydrogen-bond acceptors (Lipinski definition) is 4. The molecule has 1 aromatic rings. The minimum Gasteiger partial charge on any atom is -0.496 e. The number of carbonyl (C=O) groups is 1. The summed E-state index contributed by atoms with van der Waals surface area (Å²) < 4.78 is 34.2. The Balaban J connectivity index is 3.06. The van der Waals surface area contributed by atoms with Crippen molar-refractivity contribution in [3.63, 3.8) is 0 Å². The smallest absolute Gasteiger partial charge is 0.343 e. The highest BCUT2D eigenvalue weighted by atomic mass is 19.3. The number of carbonyl (C=O) groups excluding carboxylic acids is 1. The van der Waals surface area contributed by atoms with Gasteiger partial charge in [0, 0.05) is 12.3 Å². The maximum atomic E-state index is 12.3. The summed E-state index contributed by atoms with van der Waals surface area (Å²) in [4.78, 5) is 14.8. The highest BCUT2D eigenvalue weighted by molar-refractivity contribution is 5.92. The van der Waals surface area contributed by atoms with Crippen molar-refractivity contribution in [1.82, 2.24) is 4.98 Å². The second-order valence-corrected chi connectivity index (χ2v) is 2.83. The Morgan fingerprint density at radius 2 is 2.25 bits per heavy atom. The van der Waals surface area contributed by atoms with Crippen molar-refractivity contribution in [2.45, 2.75) is 13.3 Å². The van der Waals surface area contributed by atoms with Crippen molar-refractivity contribution in [1.29, 1.82) is 0 Å². The van der Waals surface area contributed by atoms with Crippen molar-refractivity contribution < 1.29 is 23.0 Å². The molecule has 0 aliphatic heterocycles. The molecule has 0 aromatic carbocycles. The van der Waals surface area contributed by atoms with E-state index in [2.05, 4.69) is 4.98 Å². The monoisotopic (exact) mass is 231 g/mol. The van der Waals surface area contributed by atoms with Crippen LogP contribution in [0.4, 0.5) is 8.78 Å². The van der Waals surface area contributed by atoms with Gasteiger partial charge in [0.15, 0.2) is 0 Å². The summed E-state index contributed by atoms with van der Waals surface area (Å²) in [5, 5.41) is 0. The first-order valence-corrected chi connectivity index (χ1v) is 4.59. The molecule has 0 aliphatic rings. The van der Waals surface area contributed by atoms with E-state index in [1.54, 1.807) is 6.92 Å². The molecule has 0 saturated heterocycles. The Morgan fingerprint density at radius 1 is 1.56 bits per heavy atom. The van der Waals surface area contributed by atoms with E-state index in [0.717, 1.165) is 12.3 Å². The van der Waals surface area contributed by atoms with Gasteiger partial charge < -0.3 is 9.47 Å². The number of aromatic nitrogens is 1. The lowest BCUT2D eigenvalue weighted by Crippen LogP contribution is -2.08. The largest absolute Gasteiger partial charge is 0.496 e. The zero-order valence-corrected chi connectivity index (χ0v) is 8.87. The number of ether oxygens (including phenoxy) is 2. The lowest BCUT2D eigenvalue weighted by molar-refractivity contribution is 0.0521. The number of rotatable bonds is 4. The average Bonchev–Trinajstić information content (AvgIpc) is 2.28. The van der Waals surface area contributed by atoms with Crippen LogP contribution in [-0.4, -0.2) is 24.7 Å². The first-order valence-electron chi connectivity index (χ1n) is 4.59. The van der Waals surface area contributed by atoms with Crippen molar-refractivity contribution in [3.05, 3.63) is 23.5 Å². The quantitative estimate of drug-likeness (QED) is 0.745. The van der Waals surface area contributed by atoms with Crippen LogP contribution < -0.4 is 4.74 Å². The van der Waals surface area contributed by atoms with Gasteiger partial charge in [-0.2, -0.15) is 0 Å². The summed E-state index contributed by atoms with van der Waals surface area (Å²) in [6, 6.07) is 1.02. The van der Waals surface area contributed by atoms with Gasteiger partial charge in [0.2, 0.25) is 0 Å². The Bertz CT molecular complexity index is 382. The second kappa shape index (κ2) is 5.39. The molecular formula is C10H11F2NO3. The second-order valence-electron chi connectivity index (χ2n) is 2.83. The van der Waals surface area contributed by atoms with Gasteiger partial charge in [-0.15, -0.1) is 0 Å². The molecule has 1 heterocycles. The molecule has 0 N–H and O–H groups in total. The van der Waals surface area contributed by atoms with Crippen LogP contribution in [0.5, 0.6) is 5.75 Å². The lowest BCUT2D eigenvalue weighted by Gasteiger charge is -2.08. The molecule has 6 heteroatoms. The van der Waals surface area contributed by atoms with Crippen molar-refractivity contribution in [2.24, 2.45) is 0 Å². The molecule has 0 bridgehead atoms. The van der Waals surface area contributed by atoms with Crippen LogP contribution in [0.15, 0.2) is 12.3 Å². The maximum Gasteiger partial charge on any atom is 0.343 e. The van der Waals surface area contributed by atoms with E-state index in [9.17, 15) is 13.6 Å². The van der Waals surface area contributed by atoms with Crippen molar-refractivity contribution in [2.75, 3.05) is 13.7 Å². The van der Waals surface area contributed by atoms with Crippen LogP contribution in [0.3, 0.4) is 0 Å². The number of methoxy groups -OCH3 is 1. The molecule has 0 amide bonds. The highest BCUT2D eigenvalue weighted by Gasteiger charge is 2.18. The summed E-state index contributed by atoms with van der Waals surface area (Å²) in [6.07, 6.45) is -1.68. The van der Waals surface area contributed by atoms with Gasteiger partial charge in [-0.1, -0.05) is 0 Å². The molecule has 0 radical (unpaired) electrons. The minimum atomic E-state index is -2.70. The summed E-state index contributed by atoms with van der Waals surface area (Å²) in [6.45, 7) is 1.84. The Morgan fingerprint density at radius 3 is 2.75 bits per heavy atom. The Kier molecular flexibility index (Phi) is 4.16. The first-order chi connectivity index (χ1) is 7.60. The molecule has 16 heavy (non-hydrogen) atoms. The molecule has 0 aliphatic carbocycles. The van der Waals surface area contributed by atoms with E-state index >= 15 is 0 Å². The number of halogens is 2. The van der Waals surface area contributed by atoms with E-state index in [1.165, 1.54) is 7.11 Å². The third-order valence-corrected chi connectivity index (χ3v) is 1.83. The Hall–Kier alpha value is -1.72. The van der Waals surface area contributed by atoms with E-state index in [0.29, 0.717) is 0 Å². The van der Waals surface area contributed by atoms with Crippen LogP contribution >= 0.6 is 0 Å². The molecule has 1 aromatic heterocycles. The van der Waals surface area contributed by atoms with Gasteiger partial charge in [0.1, 0.15) is 17.0 Å². The molecule has 4 nitrogen and oxygen atoms in total. The topological polar surface area (TPSA) is 48.4 Å². The zero-order valence-electron chi connectivity index (χ0n) is 8.87. The van der Waals surface area contributed by atoms with Gasteiger partial charge in [-0.05, 0) is 6.92 Å². The van der Waals surface area contributed by atoms with Crippen molar-refractivity contribution in [3.8, 4) is 5.75 Å². The standard InChI is InChI=1S/C10H11F2NO3/c1-3-16-10(14)6-5-13-7(9(11)12)4-8(6)15-2/h4-5,9H,3H2,1-2H3. The molecule has 88 valence electrons. The van der Waals surface area contributed by atoms with E-state index < -0.39 is 18.1 Å².